The Balaban J connectivity index is 2.07. The molecule has 118 valence electrons. The lowest BCUT2D eigenvalue weighted by Gasteiger charge is -2.17. The predicted octanol–water partition coefficient (Wildman–Crippen LogP) is 3.58. The molecule has 2 aromatic rings. The highest BCUT2D eigenvalue weighted by molar-refractivity contribution is 6.30. The SMILES string of the molecule is CCn1ncc(C)c1NC(=O)C(C)Oc1ccc(Cl)cc1C. The molecule has 0 spiro atoms. The van der Waals surface area contributed by atoms with Crippen LogP contribution in [0.3, 0.4) is 0 Å². The summed E-state index contributed by atoms with van der Waals surface area (Å²) in [5.74, 6) is 1.14. The van der Waals surface area contributed by atoms with E-state index in [1.54, 1.807) is 36.0 Å². The molecule has 0 saturated heterocycles. The van der Waals surface area contributed by atoms with Gasteiger partial charge in [-0.3, -0.25) is 4.79 Å². The summed E-state index contributed by atoms with van der Waals surface area (Å²) >= 11 is 5.92. The van der Waals surface area contributed by atoms with Gasteiger partial charge in [0.15, 0.2) is 6.10 Å². The lowest BCUT2D eigenvalue weighted by atomic mass is 10.2. The van der Waals surface area contributed by atoms with Gasteiger partial charge in [0.05, 0.1) is 6.20 Å². The number of amides is 1. The van der Waals surface area contributed by atoms with Gasteiger partial charge in [-0.25, -0.2) is 4.68 Å². The van der Waals surface area contributed by atoms with Crippen LogP contribution in [0, 0.1) is 13.8 Å². The largest absolute Gasteiger partial charge is 0.481 e. The van der Waals surface area contributed by atoms with E-state index in [-0.39, 0.29) is 5.91 Å². The zero-order valence-corrected chi connectivity index (χ0v) is 13.9. The van der Waals surface area contributed by atoms with Crippen LogP contribution in [0.5, 0.6) is 5.75 Å². The number of halogens is 1. The number of carbonyl (C=O) groups is 1. The Hall–Kier alpha value is -2.01. The van der Waals surface area contributed by atoms with Crippen molar-refractivity contribution in [2.45, 2.75) is 40.3 Å². The van der Waals surface area contributed by atoms with Crippen LogP contribution >= 0.6 is 11.6 Å². The van der Waals surface area contributed by atoms with E-state index >= 15 is 0 Å². The van der Waals surface area contributed by atoms with Gasteiger partial charge >= 0.3 is 0 Å². The van der Waals surface area contributed by atoms with Crippen molar-refractivity contribution in [3.63, 3.8) is 0 Å². The molecule has 0 aliphatic rings. The minimum absolute atomic E-state index is 0.215. The van der Waals surface area contributed by atoms with Crippen molar-refractivity contribution in [2.24, 2.45) is 0 Å². The fourth-order valence-corrected chi connectivity index (χ4v) is 2.32. The fraction of sp³-hybridized carbons (Fsp3) is 0.375. The summed E-state index contributed by atoms with van der Waals surface area (Å²) in [6, 6.07) is 5.31. The number of carbonyl (C=O) groups excluding carboxylic acids is 1. The van der Waals surface area contributed by atoms with Gasteiger partial charge < -0.3 is 10.1 Å². The molecule has 22 heavy (non-hydrogen) atoms. The summed E-state index contributed by atoms with van der Waals surface area (Å²) in [7, 11) is 0. The molecule has 0 fully saturated rings. The van der Waals surface area contributed by atoms with Gasteiger partial charge in [0.2, 0.25) is 0 Å². The Morgan fingerprint density at radius 1 is 1.41 bits per heavy atom. The van der Waals surface area contributed by atoms with Gasteiger partial charge in [0, 0.05) is 17.1 Å². The standard InChI is InChI=1S/C16H20ClN3O2/c1-5-20-15(11(3)9-18-20)19-16(21)12(4)22-14-7-6-13(17)8-10(14)2/h6-9,12H,5H2,1-4H3,(H,19,21). The van der Waals surface area contributed by atoms with Crippen molar-refractivity contribution >= 4 is 23.3 Å². The molecule has 0 radical (unpaired) electrons. The number of aryl methyl sites for hydroxylation is 3. The van der Waals surface area contributed by atoms with Crippen molar-refractivity contribution in [3.8, 4) is 5.75 Å². The molecule has 5 nitrogen and oxygen atoms in total. The second kappa shape index (κ2) is 6.83. The Bertz CT molecular complexity index is 682. The molecule has 1 atom stereocenters. The van der Waals surface area contributed by atoms with E-state index < -0.39 is 6.10 Å². The number of hydrogen-bond acceptors (Lipinski definition) is 3. The Morgan fingerprint density at radius 2 is 2.14 bits per heavy atom. The van der Waals surface area contributed by atoms with Gasteiger partial charge in [-0.1, -0.05) is 11.6 Å². The first kappa shape index (κ1) is 16.4. The monoisotopic (exact) mass is 321 g/mol. The highest BCUT2D eigenvalue weighted by Crippen LogP contribution is 2.23. The van der Waals surface area contributed by atoms with Crippen LogP contribution in [0.2, 0.25) is 5.02 Å². The minimum Gasteiger partial charge on any atom is -0.481 e. The third-order valence-electron chi connectivity index (χ3n) is 3.37. The van der Waals surface area contributed by atoms with E-state index in [0.717, 1.165) is 11.1 Å². The van der Waals surface area contributed by atoms with Crippen molar-refractivity contribution < 1.29 is 9.53 Å². The van der Waals surface area contributed by atoms with Gasteiger partial charge in [0.25, 0.3) is 5.91 Å². The number of hydrogen-bond donors (Lipinski definition) is 1. The predicted molar refractivity (Wildman–Crippen MR) is 87.5 cm³/mol. The molecule has 1 amide bonds. The first-order valence-electron chi connectivity index (χ1n) is 7.18. The molecule has 1 unspecified atom stereocenters. The Kier molecular flexibility index (Phi) is 5.08. The van der Waals surface area contributed by atoms with E-state index in [9.17, 15) is 4.79 Å². The number of ether oxygens (including phenoxy) is 1. The number of nitrogens with zero attached hydrogens (tertiary/aromatic N) is 2. The Morgan fingerprint density at radius 3 is 2.77 bits per heavy atom. The average molecular weight is 322 g/mol. The number of rotatable bonds is 5. The molecule has 0 saturated carbocycles. The van der Waals surface area contributed by atoms with Crippen LogP contribution in [0.15, 0.2) is 24.4 Å². The third-order valence-corrected chi connectivity index (χ3v) is 3.61. The molecule has 1 N–H and O–H groups in total. The first-order chi connectivity index (χ1) is 10.4. The maximum atomic E-state index is 12.3. The molecule has 0 bridgehead atoms. The topological polar surface area (TPSA) is 56.2 Å². The molecule has 1 aromatic heterocycles. The van der Waals surface area contributed by atoms with Crippen molar-refractivity contribution in [3.05, 3.63) is 40.5 Å². The van der Waals surface area contributed by atoms with Crippen molar-refractivity contribution in [1.29, 1.82) is 0 Å². The van der Waals surface area contributed by atoms with Gasteiger partial charge in [-0.15, -0.1) is 0 Å². The number of aromatic nitrogens is 2. The second-order valence-electron chi connectivity index (χ2n) is 5.15. The summed E-state index contributed by atoms with van der Waals surface area (Å²) < 4.78 is 7.47. The zero-order valence-electron chi connectivity index (χ0n) is 13.2. The number of anilines is 1. The number of benzene rings is 1. The summed E-state index contributed by atoms with van der Waals surface area (Å²) in [4.78, 5) is 12.3. The van der Waals surface area contributed by atoms with Gasteiger partial charge in [0.1, 0.15) is 11.6 Å². The van der Waals surface area contributed by atoms with E-state index in [0.29, 0.717) is 23.1 Å². The maximum absolute atomic E-state index is 12.3. The summed E-state index contributed by atoms with van der Waals surface area (Å²) in [6.07, 6.45) is 1.10. The van der Waals surface area contributed by atoms with Crippen LogP contribution in [-0.4, -0.2) is 21.8 Å². The summed E-state index contributed by atoms with van der Waals surface area (Å²) in [5, 5.41) is 7.71. The quantitative estimate of drug-likeness (QED) is 0.915. The van der Waals surface area contributed by atoms with Crippen molar-refractivity contribution in [1.82, 2.24) is 9.78 Å². The first-order valence-corrected chi connectivity index (χ1v) is 7.56. The molecule has 0 aliphatic heterocycles. The molecular formula is C16H20ClN3O2. The second-order valence-corrected chi connectivity index (χ2v) is 5.59. The minimum atomic E-state index is -0.625. The van der Waals surface area contributed by atoms with Crippen LogP contribution in [0.25, 0.3) is 0 Å². The Labute approximate surface area is 135 Å². The molecule has 1 aromatic carbocycles. The molecule has 1 heterocycles. The van der Waals surface area contributed by atoms with Crippen molar-refractivity contribution in [2.75, 3.05) is 5.32 Å². The smallest absolute Gasteiger partial charge is 0.266 e. The highest BCUT2D eigenvalue weighted by Gasteiger charge is 2.18. The molecule has 0 aliphatic carbocycles. The normalized spacial score (nSPS) is 12.0. The van der Waals surface area contributed by atoms with Crippen LogP contribution in [0.4, 0.5) is 5.82 Å². The molecule has 2 rings (SSSR count). The average Bonchev–Trinajstić information content (AvgIpc) is 2.82. The van der Waals surface area contributed by atoms with Crippen LogP contribution in [0.1, 0.15) is 25.0 Å². The van der Waals surface area contributed by atoms with Gasteiger partial charge in [-0.05, 0) is 51.5 Å². The number of nitrogens with one attached hydrogen (secondary N) is 1. The van der Waals surface area contributed by atoms with E-state index in [1.165, 1.54) is 0 Å². The fourth-order valence-electron chi connectivity index (χ4n) is 2.09. The highest BCUT2D eigenvalue weighted by atomic mass is 35.5. The van der Waals surface area contributed by atoms with Crippen LogP contribution < -0.4 is 10.1 Å². The lowest BCUT2D eigenvalue weighted by Crippen LogP contribution is -2.31. The van der Waals surface area contributed by atoms with Crippen LogP contribution in [-0.2, 0) is 11.3 Å². The maximum Gasteiger partial charge on any atom is 0.266 e. The lowest BCUT2D eigenvalue weighted by molar-refractivity contribution is -0.122. The zero-order chi connectivity index (χ0) is 16.3. The van der Waals surface area contributed by atoms with E-state index in [1.807, 2.05) is 20.8 Å². The summed E-state index contributed by atoms with van der Waals surface area (Å²) in [5.41, 5.74) is 1.81. The summed E-state index contributed by atoms with van der Waals surface area (Å²) in [6.45, 7) is 8.17. The molecule has 6 heteroatoms. The van der Waals surface area contributed by atoms with Gasteiger partial charge in [-0.2, -0.15) is 5.10 Å². The van der Waals surface area contributed by atoms with E-state index in [2.05, 4.69) is 10.4 Å². The van der Waals surface area contributed by atoms with E-state index in [4.69, 9.17) is 16.3 Å². The third kappa shape index (κ3) is 3.60. The molecular weight excluding hydrogens is 302 g/mol.